The number of carboxylic acids is 1. The number of nitrogens with two attached hydrogens (primary N) is 4. The molecular weight excluding hydrogens is 973 g/mol. The highest BCUT2D eigenvalue weighted by atomic mass is 33.1. The Bertz CT molecular complexity index is 2430. The molecule has 2 aromatic carbocycles. The highest BCUT2D eigenvalue weighted by molar-refractivity contribution is 8.77. The molecule has 4 rings (SSSR count). The standard InChI is InChI=1S/C46H66N14O10S2/c1-25(62)54-30(15-9-18-51-44(47)48)37(63)56-32-17-20-71-72-46(2,3)36(43(69)70)60-41(67)34(22-27-23-53-29-14-8-7-13-28(27)29)58-38(64)31(16-10-19-52-45(49)50)55-40(66)33(21-26-11-5-4-6-12-26)57-42(68)35(24-61)59-39(32)65/h4-8,11-14,23,30-36,53,61H,9-10,15-22,24H2,1-3H3,(H,54,62)(H,55,66)(H,56,63)(H,57,68)(H,58,64)(H,59,65)(H,60,67)(H,69,70)(H4,47,48,51)(H4,49,50,52)/t30-,31-,32-,33+,34-,35-,36+/m0/s1. The number of carbonyl (C=O) groups excluding carboxylic acids is 7. The molecule has 26 heteroatoms. The molecule has 1 saturated heterocycles. The fourth-order valence-corrected chi connectivity index (χ4v) is 10.3. The summed E-state index contributed by atoms with van der Waals surface area (Å²) in [5.41, 5.74) is 23.9. The highest BCUT2D eigenvalue weighted by Gasteiger charge is 2.40. The van der Waals surface area contributed by atoms with Gasteiger partial charge in [0.15, 0.2) is 11.9 Å². The van der Waals surface area contributed by atoms with Gasteiger partial charge in [0, 0.05) is 55.7 Å². The third-order valence-corrected chi connectivity index (χ3v) is 14.6. The Hall–Kier alpha value is -7.06. The van der Waals surface area contributed by atoms with E-state index in [-0.39, 0.29) is 75.7 Å². The van der Waals surface area contributed by atoms with Gasteiger partial charge in [-0.25, -0.2) is 4.79 Å². The summed E-state index contributed by atoms with van der Waals surface area (Å²) in [6.07, 6.45) is 1.68. The van der Waals surface area contributed by atoms with E-state index in [0.29, 0.717) is 11.1 Å². The number of hydrogen-bond donors (Lipinski definition) is 14. The molecule has 0 unspecified atom stereocenters. The van der Waals surface area contributed by atoms with Crippen LogP contribution < -0.4 is 60.2 Å². The molecule has 392 valence electrons. The van der Waals surface area contributed by atoms with Crippen molar-refractivity contribution in [3.8, 4) is 0 Å². The number of nitrogens with zero attached hydrogens (tertiary/aromatic N) is 2. The van der Waals surface area contributed by atoms with Crippen LogP contribution in [0, 0.1) is 0 Å². The van der Waals surface area contributed by atoms with Crippen LogP contribution >= 0.6 is 21.6 Å². The molecule has 1 aliphatic rings. The van der Waals surface area contributed by atoms with Gasteiger partial charge >= 0.3 is 5.97 Å². The van der Waals surface area contributed by atoms with Crippen LogP contribution in [-0.4, -0.2) is 147 Å². The third kappa shape index (κ3) is 18.3. The summed E-state index contributed by atoms with van der Waals surface area (Å²) < 4.78 is -1.27. The lowest BCUT2D eigenvalue weighted by Gasteiger charge is -2.32. The smallest absolute Gasteiger partial charge is 0.327 e. The van der Waals surface area contributed by atoms with Gasteiger partial charge in [-0.2, -0.15) is 0 Å². The normalized spacial score (nSPS) is 22.0. The summed E-state index contributed by atoms with van der Waals surface area (Å²) in [5, 5.41) is 40.2. The van der Waals surface area contributed by atoms with Crippen LogP contribution in [0.5, 0.6) is 0 Å². The van der Waals surface area contributed by atoms with Crippen LogP contribution in [0.3, 0.4) is 0 Å². The van der Waals surface area contributed by atoms with Gasteiger partial charge < -0.3 is 75.3 Å². The average molecular weight is 1040 g/mol. The molecule has 1 aromatic heterocycles. The van der Waals surface area contributed by atoms with Crippen molar-refractivity contribution in [2.24, 2.45) is 32.9 Å². The predicted octanol–water partition coefficient (Wildman–Crippen LogP) is -1.89. The summed E-state index contributed by atoms with van der Waals surface area (Å²) in [6.45, 7) is 3.58. The molecule has 18 N–H and O–H groups in total. The topological polar surface area (TPSA) is 406 Å². The maximum Gasteiger partial charge on any atom is 0.327 e. The van der Waals surface area contributed by atoms with Gasteiger partial charge in [0.1, 0.15) is 42.3 Å². The number of aliphatic hydroxyl groups excluding tert-OH is 1. The monoisotopic (exact) mass is 1040 g/mol. The van der Waals surface area contributed by atoms with E-state index in [9.17, 15) is 48.6 Å². The third-order valence-electron chi connectivity index (χ3n) is 11.3. The molecule has 72 heavy (non-hydrogen) atoms. The molecule has 0 radical (unpaired) electrons. The minimum atomic E-state index is -1.68. The number of carboxylic acid groups (broad SMARTS) is 1. The Morgan fingerprint density at radius 2 is 1.33 bits per heavy atom. The van der Waals surface area contributed by atoms with Gasteiger partial charge in [-0.15, -0.1) is 0 Å². The van der Waals surface area contributed by atoms with Crippen molar-refractivity contribution in [1.82, 2.24) is 42.2 Å². The van der Waals surface area contributed by atoms with E-state index in [1.807, 2.05) is 18.2 Å². The Morgan fingerprint density at radius 3 is 1.97 bits per heavy atom. The minimum Gasteiger partial charge on any atom is -0.480 e. The van der Waals surface area contributed by atoms with E-state index < -0.39 is 101 Å². The number of guanidine groups is 2. The molecule has 0 spiro atoms. The maximum absolute atomic E-state index is 14.5. The molecule has 3 aromatic rings. The van der Waals surface area contributed by atoms with E-state index in [1.54, 1.807) is 56.4 Å². The lowest BCUT2D eigenvalue weighted by molar-refractivity contribution is -0.143. The number of fused-ring (bicyclic) bond motifs is 1. The first-order valence-electron chi connectivity index (χ1n) is 23.1. The number of rotatable bonds is 17. The molecule has 7 amide bonds. The fourth-order valence-electron chi connectivity index (χ4n) is 7.59. The average Bonchev–Trinajstić information content (AvgIpc) is 3.73. The maximum atomic E-state index is 14.5. The minimum absolute atomic E-state index is 0.0448. The van der Waals surface area contributed by atoms with E-state index in [0.717, 1.165) is 32.5 Å². The number of aromatic nitrogens is 1. The van der Waals surface area contributed by atoms with Crippen molar-refractivity contribution in [1.29, 1.82) is 0 Å². The van der Waals surface area contributed by atoms with Gasteiger partial charge in [0.2, 0.25) is 41.4 Å². The zero-order valence-corrected chi connectivity index (χ0v) is 41.9. The summed E-state index contributed by atoms with van der Waals surface area (Å²) >= 11 is 0. The summed E-state index contributed by atoms with van der Waals surface area (Å²) in [7, 11) is 2.19. The van der Waals surface area contributed by atoms with Crippen molar-refractivity contribution in [2.75, 3.05) is 25.4 Å². The molecule has 0 aliphatic carbocycles. The second kappa shape index (κ2) is 28.1. The molecule has 1 fully saturated rings. The number of carbonyl (C=O) groups is 8. The number of aromatic amines is 1. The number of amides is 7. The van der Waals surface area contributed by atoms with E-state index >= 15 is 0 Å². The largest absolute Gasteiger partial charge is 0.480 e. The van der Waals surface area contributed by atoms with Gasteiger partial charge in [-0.05, 0) is 63.1 Å². The van der Waals surface area contributed by atoms with Crippen molar-refractivity contribution >= 4 is 91.7 Å². The number of hydrogen-bond acceptors (Lipinski definition) is 13. The Morgan fingerprint density at radius 1 is 0.764 bits per heavy atom. The molecule has 7 atom stereocenters. The summed E-state index contributed by atoms with van der Waals surface area (Å²) in [5.74, 6) is -7.49. The number of para-hydroxylation sites is 1. The first kappa shape index (κ1) is 57.5. The van der Waals surface area contributed by atoms with Crippen LogP contribution in [0.1, 0.15) is 64.0 Å². The quantitative estimate of drug-likeness (QED) is 0.0304. The van der Waals surface area contributed by atoms with Crippen molar-refractivity contribution in [2.45, 2.75) is 113 Å². The van der Waals surface area contributed by atoms with Gasteiger partial charge in [0.25, 0.3) is 0 Å². The first-order valence-corrected chi connectivity index (χ1v) is 25.4. The molecule has 24 nitrogen and oxygen atoms in total. The molecule has 0 saturated carbocycles. The van der Waals surface area contributed by atoms with Gasteiger partial charge in [-0.1, -0.05) is 70.1 Å². The second-order valence-corrected chi connectivity index (χ2v) is 20.5. The lowest BCUT2D eigenvalue weighted by atomic mass is 10.00. The highest BCUT2D eigenvalue weighted by Crippen LogP contribution is 2.39. The van der Waals surface area contributed by atoms with E-state index in [4.69, 9.17) is 22.9 Å². The number of H-pyrrole nitrogens is 1. The number of aliphatic hydroxyl groups is 1. The fraction of sp³-hybridized carbons (Fsp3) is 0.478. The van der Waals surface area contributed by atoms with Gasteiger partial charge in [-0.3, -0.25) is 43.5 Å². The van der Waals surface area contributed by atoms with Crippen molar-refractivity contribution in [3.05, 3.63) is 71.9 Å². The zero-order valence-electron chi connectivity index (χ0n) is 40.3. The molecular formula is C46H66N14O10S2. The van der Waals surface area contributed by atoms with Crippen LogP contribution in [0.15, 0.2) is 70.8 Å². The van der Waals surface area contributed by atoms with Crippen LogP contribution in [-0.2, 0) is 51.2 Å². The molecule has 1 aliphatic heterocycles. The van der Waals surface area contributed by atoms with Gasteiger partial charge in [0.05, 0.1) is 11.4 Å². The Labute approximate surface area is 424 Å². The number of aliphatic imine (C=N–C) groups is 2. The van der Waals surface area contributed by atoms with E-state index in [1.165, 1.54) is 6.92 Å². The second-order valence-electron chi connectivity index (χ2n) is 17.5. The Kier molecular flexibility index (Phi) is 22.4. The summed E-state index contributed by atoms with van der Waals surface area (Å²) in [4.78, 5) is 122. The zero-order chi connectivity index (χ0) is 53.0. The summed E-state index contributed by atoms with van der Waals surface area (Å²) in [6, 6.07) is 5.78. The predicted molar refractivity (Wildman–Crippen MR) is 275 cm³/mol. The van der Waals surface area contributed by atoms with Crippen LogP contribution in [0.2, 0.25) is 0 Å². The number of nitrogens with one attached hydrogen (secondary N) is 8. The number of benzene rings is 2. The molecule has 0 bridgehead atoms. The van der Waals surface area contributed by atoms with Crippen LogP contribution in [0.25, 0.3) is 10.9 Å². The molecule has 2 heterocycles. The van der Waals surface area contributed by atoms with Crippen molar-refractivity contribution < 1.29 is 48.6 Å². The van der Waals surface area contributed by atoms with Crippen molar-refractivity contribution in [3.63, 3.8) is 0 Å². The van der Waals surface area contributed by atoms with E-state index in [2.05, 4.69) is 52.2 Å². The first-order chi connectivity index (χ1) is 34.2. The lowest BCUT2D eigenvalue weighted by Crippen LogP contribution is -2.61. The Balaban J connectivity index is 1.79. The number of aliphatic carboxylic acids is 1. The van der Waals surface area contributed by atoms with Crippen LogP contribution in [0.4, 0.5) is 0 Å². The SMILES string of the molecule is CC(=O)N[C@@H](CCCN=C(N)N)C(=O)N[C@H]1CCSSC(C)(C)[C@@H](C(=O)O)NC(=O)[C@H](Cc2c[nH]c3ccccc23)NC(=O)[C@H](CCCN=C(N)N)NC(=O)[C@@H](Cc2ccccc2)NC(=O)[C@H](CO)NC1=O.